The molecule has 1 aliphatic heterocycles. The SMILES string of the molecule is CCO[C@@H]1[C@@H](Br)c2ccccc2N1S(=O)(=O)c1ccc(C)cc1. The fraction of sp³-hybridized carbons (Fsp3) is 0.294. The van der Waals surface area contributed by atoms with E-state index in [1.807, 2.05) is 38.1 Å². The van der Waals surface area contributed by atoms with Crippen LogP contribution in [0.15, 0.2) is 53.4 Å². The topological polar surface area (TPSA) is 46.6 Å². The summed E-state index contributed by atoms with van der Waals surface area (Å²) >= 11 is 3.59. The van der Waals surface area contributed by atoms with Crippen LogP contribution in [0.25, 0.3) is 0 Å². The van der Waals surface area contributed by atoms with E-state index in [-0.39, 0.29) is 9.72 Å². The third kappa shape index (κ3) is 2.79. The number of alkyl halides is 1. The van der Waals surface area contributed by atoms with Crippen LogP contribution in [-0.4, -0.2) is 21.3 Å². The van der Waals surface area contributed by atoms with Crippen LogP contribution in [0.5, 0.6) is 0 Å². The molecule has 0 bridgehead atoms. The number of sulfonamides is 1. The smallest absolute Gasteiger partial charge is 0.266 e. The van der Waals surface area contributed by atoms with Crippen LogP contribution in [0, 0.1) is 6.92 Å². The Labute approximate surface area is 145 Å². The largest absolute Gasteiger partial charge is 0.356 e. The molecule has 4 nitrogen and oxygen atoms in total. The first-order valence-electron chi connectivity index (χ1n) is 7.42. The molecule has 1 heterocycles. The zero-order valence-corrected chi connectivity index (χ0v) is 15.3. The van der Waals surface area contributed by atoms with Crippen LogP contribution in [0.2, 0.25) is 0 Å². The number of hydrogen-bond donors (Lipinski definition) is 0. The number of fused-ring (bicyclic) bond motifs is 1. The van der Waals surface area contributed by atoms with Gasteiger partial charge in [0.25, 0.3) is 10.0 Å². The van der Waals surface area contributed by atoms with Crippen molar-refractivity contribution in [1.82, 2.24) is 0 Å². The van der Waals surface area contributed by atoms with E-state index >= 15 is 0 Å². The average molecular weight is 396 g/mol. The van der Waals surface area contributed by atoms with Crippen molar-refractivity contribution < 1.29 is 13.2 Å². The molecule has 0 aromatic heterocycles. The maximum atomic E-state index is 13.2. The molecule has 3 rings (SSSR count). The van der Waals surface area contributed by atoms with E-state index in [0.29, 0.717) is 12.3 Å². The van der Waals surface area contributed by atoms with Gasteiger partial charge in [-0.1, -0.05) is 51.8 Å². The average Bonchev–Trinajstić information content (AvgIpc) is 2.82. The lowest BCUT2D eigenvalue weighted by Gasteiger charge is -2.27. The summed E-state index contributed by atoms with van der Waals surface area (Å²) in [6.07, 6.45) is -0.594. The summed E-state index contributed by atoms with van der Waals surface area (Å²) < 4.78 is 33.5. The lowest BCUT2D eigenvalue weighted by Crippen LogP contribution is -2.40. The number of nitrogens with zero attached hydrogens (tertiary/aromatic N) is 1. The van der Waals surface area contributed by atoms with Crippen molar-refractivity contribution in [2.75, 3.05) is 10.9 Å². The van der Waals surface area contributed by atoms with Gasteiger partial charge in [0, 0.05) is 6.61 Å². The van der Waals surface area contributed by atoms with Gasteiger partial charge < -0.3 is 4.74 Å². The summed E-state index contributed by atoms with van der Waals surface area (Å²) in [7, 11) is -3.69. The molecule has 2 aromatic rings. The Bertz CT molecular complexity index is 805. The Hall–Kier alpha value is -1.37. The summed E-state index contributed by atoms with van der Waals surface area (Å²) in [5, 5.41) is 0. The molecule has 2 aromatic carbocycles. The fourth-order valence-corrected chi connectivity index (χ4v) is 5.27. The molecule has 6 heteroatoms. The van der Waals surface area contributed by atoms with Crippen LogP contribution in [0.4, 0.5) is 5.69 Å². The molecular weight excluding hydrogens is 378 g/mol. The number of anilines is 1. The molecule has 0 fully saturated rings. The van der Waals surface area contributed by atoms with Crippen molar-refractivity contribution in [3.8, 4) is 0 Å². The van der Waals surface area contributed by atoms with Crippen LogP contribution in [-0.2, 0) is 14.8 Å². The van der Waals surface area contributed by atoms with Gasteiger partial charge in [-0.15, -0.1) is 0 Å². The number of para-hydroxylation sites is 1. The Morgan fingerprint density at radius 3 is 2.43 bits per heavy atom. The predicted molar refractivity (Wildman–Crippen MR) is 94.4 cm³/mol. The summed E-state index contributed by atoms with van der Waals surface area (Å²) in [4.78, 5) is 0.0723. The quantitative estimate of drug-likeness (QED) is 0.734. The van der Waals surface area contributed by atoms with E-state index in [0.717, 1.165) is 11.1 Å². The molecule has 0 saturated heterocycles. The van der Waals surface area contributed by atoms with Gasteiger partial charge in [0.05, 0.1) is 15.4 Å². The van der Waals surface area contributed by atoms with E-state index in [2.05, 4.69) is 15.9 Å². The summed E-state index contributed by atoms with van der Waals surface area (Å²) in [6.45, 7) is 4.22. The normalized spacial score (nSPS) is 20.6. The Morgan fingerprint density at radius 2 is 1.78 bits per heavy atom. The minimum absolute atomic E-state index is 0.195. The zero-order valence-electron chi connectivity index (χ0n) is 12.9. The van der Waals surface area contributed by atoms with Gasteiger partial charge in [-0.2, -0.15) is 0 Å². The van der Waals surface area contributed by atoms with Crippen molar-refractivity contribution in [3.63, 3.8) is 0 Å². The second-order valence-corrected chi connectivity index (χ2v) is 8.22. The number of halogens is 1. The van der Waals surface area contributed by atoms with Gasteiger partial charge in [-0.05, 0) is 37.6 Å². The van der Waals surface area contributed by atoms with Gasteiger partial charge in [0.15, 0.2) is 6.23 Å². The van der Waals surface area contributed by atoms with Crippen molar-refractivity contribution in [2.45, 2.75) is 29.8 Å². The van der Waals surface area contributed by atoms with E-state index in [9.17, 15) is 8.42 Å². The lowest BCUT2D eigenvalue weighted by molar-refractivity contribution is 0.0767. The van der Waals surface area contributed by atoms with Crippen LogP contribution in [0.3, 0.4) is 0 Å². The molecule has 2 atom stereocenters. The highest BCUT2D eigenvalue weighted by molar-refractivity contribution is 9.09. The molecule has 0 spiro atoms. The molecule has 122 valence electrons. The van der Waals surface area contributed by atoms with Gasteiger partial charge >= 0.3 is 0 Å². The van der Waals surface area contributed by atoms with Gasteiger partial charge in [0.2, 0.25) is 0 Å². The highest BCUT2D eigenvalue weighted by Gasteiger charge is 2.44. The first-order chi connectivity index (χ1) is 11.0. The van der Waals surface area contributed by atoms with Crippen molar-refractivity contribution in [1.29, 1.82) is 0 Å². The number of rotatable bonds is 4. The maximum Gasteiger partial charge on any atom is 0.266 e. The highest BCUT2D eigenvalue weighted by Crippen LogP contribution is 2.47. The second kappa shape index (κ2) is 6.26. The van der Waals surface area contributed by atoms with Crippen LogP contribution in [0.1, 0.15) is 22.9 Å². The number of benzene rings is 2. The summed E-state index contributed by atoms with van der Waals surface area (Å²) in [5.74, 6) is 0. The van der Waals surface area contributed by atoms with Gasteiger partial charge in [-0.3, -0.25) is 0 Å². The third-order valence-electron chi connectivity index (χ3n) is 3.87. The number of ether oxygens (including phenoxy) is 1. The lowest BCUT2D eigenvalue weighted by atomic mass is 10.2. The van der Waals surface area contributed by atoms with E-state index in [1.54, 1.807) is 24.3 Å². The molecule has 0 saturated carbocycles. The Morgan fingerprint density at radius 1 is 1.13 bits per heavy atom. The highest BCUT2D eigenvalue weighted by atomic mass is 79.9. The van der Waals surface area contributed by atoms with Gasteiger partial charge in [-0.25, -0.2) is 12.7 Å². The number of hydrogen-bond acceptors (Lipinski definition) is 3. The van der Waals surface area contributed by atoms with Crippen LogP contribution >= 0.6 is 15.9 Å². The molecule has 1 aliphatic rings. The molecule has 23 heavy (non-hydrogen) atoms. The second-order valence-electron chi connectivity index (χ2n) is 5.42. The molecule has 0 radical (unpaired) electrons. The first kappa shape index (κ1) is 16.5. The molecular formula is C17H18BrNO3S. The van der Waals surface area contributed by atoms with Crippen LogP contribution < -0.4 is 4.31 Å². The van der Waals surface area contributed by atoms with E-state index in [1.165, 1.54) is 4.31 Å². The van der Waals surface area contributed by atoms with E-state index in [4.69, 9.17) is 4.74 Å². The monoisotopic (exact) mass is 395 g/mol. The molecule has 0 aliphatic carbocycles. The Balaban J connectivity index is 2.13. The fourth-order valence-electron chi connectivity index (χ4n) is 2.74. The molecule has 0 N–H and O–H groups in total. The molecule has 0 unspecified atom stereocenters. The van der Waals surface area contributed by atoms with Crippen molar-refractivity contribution in [3.05, 3.63) is 59.7 Å². The Kier molecular flexibility index (Phi) is 4.49. The minimum atomic E-state index is -3.69. The standard InChI is InChI=1S/C17H18BrNO3S/c1-3-22-17-16(18)14-6-4-5-7-15(14)19(17)23(20,21)13-10-8-12(2)9-11-13/h4-11,16-17H,3H2,1-2H3/t16-,17+/m0/s1. The molecule has 0 amide bonds. The van der Waals surface area contributed by atoms with Gasteiger partial charge in [0.1, 0.15) is 0 Å². The summed E-state index contributed by atoms with van der Waals surface area (Å²) in [5.41, 5.74) is 2.60. The van der Waals surface area contributed by atoms with Crippen molar-refractivity contribution >= 4 is 31.6 Å². The maximum absolute atomic E-state index is 13.2. The van der Waals surface area contributed by atoms with E-state index < -0.39 is 16.3 Å². The first-order valence-corrected chi connectivity index (χ1v) is 9.78. The summed E-state index contributed by atoms with van der Waals surface area (Å²) in [6, 6.07) is 14.4. The number of aryl methyl sites for hydroxylation is 1. The third-order valence-corrected chi connectivity index (χ3v) is 6.60. The minimum Gasteiger partial charge on any atom is -0.356 e. The van der Waals surface area contributed by atoms with Crippen molar-refractivity contribution in [2.24, 2.45) is 0 Å². The zero-order chi connectivity index (χ0) is 16.6. The predicted octanol–water partition coefficient (Wildman–Crippen LogP) is 4.00.